The zero-order chi connectivity index (χ0) is 19.9. The van der Waals surface area contributed by atoms with Gasteiger partial charge in [0.05, 0.1) is 36.7 Å². The van der Waals surface area contributed by atoms with Gasteiger partial charge in [-0.25, -0.2) is 22.5 Å². The van der Waals surface area contributed by atoms with Gasteiger partial charge in [-0.3, -0.25) is 9.89 Å². The van der Waals surface area contributed by atoms with Crippen LogP contribution in [0.5, 0.6) is 0 Å². The van der Waals surface area contributed by atoms with E-state index < -0.39 is 22.1 Å². The SMILES string of the molecule is Cc1n[nH]c(C)c1S(=O)(=O)NC1COCC1n1nc(-n2cccn2)ccc1=O. The van der Waals surface area contributed by atoms with Crippen LogP contribution in [0.25, 0.3) is 5.82 Å². The van der Waals surface area contributed by atoms with Crippen molar-refractivity contribution >= 4 is 10.0 Å². The van der Waals surface area contributed by atoms with Crippen LogP contribution in [-0.4, -0.2) is 57.4 Å². The molecular formula is C16H19N7O4S. The molecule has 3 aromatic heterocycles. The first-order chi connectivity index (χ1) is 13.4. The highest BCUT2D eigenvalue weighted by atomic mass is 32.2. The van der Waals surface area contributed by atoms with E-state index in [4.69, 9.17) is 4.74 Å². The molecule has 4 rings (SSSR count). The highest BCUT2D eigenvalue weighted by Crippen LogP contribution is 2.22. The highest BCUT2D eigenvalue weighted by molar-refractivity contribution is 7.89. The number of aromatic nitrogens is 6. The summed E-state index contributed by atoms with van der Waals surface area (Å²) in [6, 6.07) is 3.42. The molecule has 1 aliphatic rings. The van der Waals surface area contributed by atoms with Gasteiger partial charge in [0.1, 0.15) is 4.90 Å². The summed E-state index contributed by atoms with van der Waals surface area (Å²) >= 11 is 0. The number of ether oxygens (including phenoxy) is 1. The largest absolute Gasteiger partial charge is 0.377 e. The lowest BCUT2D eigenvalue weighted by molar-refractivity contribution is 0.181. The summed E-state index contributed by atoms with van der Waals surface area (Å²) in [5.41, 5.74) is 0.458. The molecule has 1 saturated heterocycles. The molecule has 2 atom stereocenters. The molecule has 28 heavy (non-hydrogen) atoms. The maximum atomic E-state index is 12.9. The Balaban J connectivity index is 1.66. The molecule has 2 N–H and O–H groups in total. The first-order valence-corrected chi connectivity index (χ1v) is 10.1. The zero-order valence-corrected chi connectivity index (χ0v) is 16.0. The average molecular weight is 405 g/mol. The van der Waals surface area contributed by atoms with Crippen molar-refractivity contribution in [3.05, 3.63) is 52.3 Å². The molecule has 0 radical (unpaired) electrons. The Morgan fingerprint density at radius 3 is 2.79 bits per heavy atom. The third-order valence-electron chi connectivity index (χ3n) is 4.55. The van der Waals surface area contributed by atoms with E-state index in [1.165, 1.54) is 15.4 Å². The normalized spacial score (nSPS) is 19.9. The lowest BCUT2D eigenvalue weighted by atomic mass is 10.2. The third-order valence-corrected chi connectivity index (χ3v) is 6.30. The van der Waals surface area contributed by atoms with Crippen LogP contribution in [0.3, 0.4) is 0 Å². The van der Waals surface area contributed by atoms with Crippen molar-refractivity contribution in [3.8, 4) is 5.82 Å². The fourth-order valence-corrected chi connectivity index (χ4v) is 4.90. The second-order valence-corrected chi connectivity index (χ2v) is 8.17. The first-order valence-electron chi connectivity index (χ1n) is 8.58. The molecule has 11 nitrogen and oxygen atoms in total. The van der Waals surface area contributed by atoms with Crippen LogP contribution in [0.2, 0.25) is 0 Å². The fraction of sp³-hybridized carbons (Fsp3) is 0.375. The smallest absolute Gasteiger partial charge is 0.267 e. The topological polar surface area (TPSA) is 137 Å². The first kappa shape index (κ1) is 18.5. The lowest BCUT2D eigenvalue weighted by Crippen LogP contribution is -2.44. The predicted molar refractivity (Wildman–Crippen MR) is 97.6 cm³/mol. The monoisotopic (exact) mass is 405 g/mol. The molecule has 0 saturated carbocycles. The maximum Gasteiger partial charge on any atom is 0.267 e. The summed E-state index contributed by atoms with van der Waals surface area (Å²) in [6.07, 6.45) is 3.30. The molecule has 0 bridgehead atoms. The number of aromatic amines is 1. The van der Waals surface area contributed by atoms with Crippen molar-refractivity contribution < 1.29 is 13.2 Å². The number of hydrogen-bond donors (Lipinski definition) is 2. The third kappa shape index (κ3) is 3.25. The Kier molecular flexibility index (Phi) is 4.61. The Morgan fingerprint density at radius 1 is 1.29 bits per heavy atom. The van der Waals surface area contributed by atoms with Crippen molar-refractivity contribution in [1.82, 2.24) is 34.5 Å². The van der Waals surface area contributed by atoms with Gasteiger partial charge in [-0.1, -0.05) is 0 Å². The maximum absolute atomic E-state index is 12.9. The summed E-state index contributed by atoms with van der Waals surface area (Å²) in [5.74, 6) is 0.444. The molecule has 0 aliphatic carbocycles. The number of nitrogens with one attached hydrogen (secondary N) is 2. The minimum Gasteiger partial charge on any atom is -0.377 e. The Labute approximate surface area is 160 Å². The molecule has 1 fully saturated rings. The van der Waals surface area contributed by atoms with Crippen molar-refractivity contribution in [2.24, 2.45) is 0 Å². The molecule has 0 spiro atoms. The summed E-state index contributed by atoms with van der Waals surface area (Å²) in [4.78, 5) is 12.5. The predicted octanol–water partition coefficient (Wildman–Crippen LogP) is -0.313. The molecule has 12 heteroatoms. The van der Waals surface area contributed by atoms with Gasteiger partial charge in [0.2, 0.25) is 10.0 Å². The molecule has 0 amide bonds. The lowest BCUT2D eigenvalue weighted by Gasteiger charge is -2.20. The van der Waals surface area contributed by atoms with Crippen molar-refractivity contribution in [1.29, 1.82) is 0 Å². The molecular weight excluding hydrogens is 386 g/mol. The molecule has 148 valence electrons. The van der Waals surface area contributed by atoms with E-state index in [1.54, 1.807) is 38.4 Å². The minimum atomic E-state index is -3.85. The highest BCUT2D eigenvalue weighted by Gasteiger charge is 2.36. The van der Waals surface area contributed by atoms with Gasteiger partial charge in [-0.15, -0.1) is 5.10 Å². The van der Waals surface area contributed by atoms with Crippen LogP contribution >= 0.6 is 0 Å². The molecule has 1 aliphatic heterocycles. The Bertz CT molecular complexity index is 1130. The van der Waals surface area contributed by atoms with Crippen LogP contribution in [0, 0.1) is 13.8 Å². The van der Waals surface area contributed by atoms with Gasteiger partial charge >= 0.3 is 0 Å². The Hall–Kier alpha value is -2.83. The number of nitrogens with zero attached hydrogens (tertiary/aromatic N) is 5. The molecule has 3 aromatic rings. The molecule has 2 unspecified atom stereocenters. The van der Waals surface area contributed by atoms with Crippen LogP contribution in [0.4, 0.5) is 0 Å². The minimum absolute atomic E-state index is 0.101. The van der Waals surface area contributed by atoms with E-state index in [9.17, 15) is 13.2 Å². The van der Waals surface area contributed by atoms with Gasteiger partial charge in [0.15, 0.2) is 5.82 Å². The van der Waals surface area contributed by atoms with Crippen LogP contribution in [0.15, 0.2) is 40.3 Å². The van der Waals surface area contributed by atoms with E-state index in [1.807, 2.05) is 0 Å². The van der Waals surface area contributed by atoms with E-state index >= 15 is 0 Å². The molecule has 0 aromatic carbocycles. The number of rotatable bonds is 5. The number of sulfonamides is 1. The van der Waals surface area contributed by atoms with E-state index in [0.29, 0.717) is 17.2 Å². The van der Waals surface area contributed by atoms with Gasteiger partial charge in [-0.05, 0) is 26.0 Å². The quantitative estimate of drug-likeness (QED) is 0.594. The van der Waals surface area contributed by atoms with E-state index in [0.717, 1.165) is 0 Å². The summed E-state index contributed by atoms with van der Waals surface area (Å²) in [6.45, 7) is 3.53. The summed E-state index contributed by atoms with van der Waals surface area (Å²) in [7, 11) is -3.85. The van der Waals surface area contributed by atoms with E-state index in [-0.39, 0.29) is 23.7 Å². The molecule has 4 heterocycles. The van der Waals surface area contributed by atoms with Crippen molar-refractivity contribution in [3.63, 3.8) is 0 Å². The second kappa shape index (κ2) is 6.96. The summed E-state index contributed by atoms with van der Waals surface area (Å²) in [5, 5.41) is 15.0. The average Bonchev–Trinajstić information content (AvgIpc) is 3.37. The van der Waals surface area contributed by atoms with Crippen molar-refractivity contribution in [2.75, 3.05) is 13.2 Å². The van der Waals surface area contributed by atoms with E-state index in [2.05, 4.69) is 25.1 Å². The van der Waals surface area contributed by atoms with Gasteiger partial charge in [-0.2, -0.15) is 10.2 Å². The summed E-state index contributed by atoms with van der Waals surface area (Å²) < 4.78 is 36.6. The van der Waals surface area contributed by atoms with Crippen LogP contribution < -0.4 is 10.3 Å². The number of aryl methyl sites for hydroxylation is 2. The number of hydrogen-bond acceptors (Lipinski definition) is 7. The van der Waals surface area contributed by atoms with Gasteiger partial charge in [0.25, 0.3) is 5.56 Å². The van der Waals surface area contributed by atoms with Crippen molar-refractivity contribution in [2.45, 2.75) is 30.8 Å². The van der Waals surface area contributed by atoms with Crippen LogP contribution in [-0.2, 0) is 14.8 Å². The standard InChI is InChI=1S/C16H19N7O4S/c1-10-16(11(2)19-18-10)28(25,26)21-12-8-27-9-13(12)23-15(24)5-4-14(20-23)22-7-3-6-17-22/h3-7,12-13,21H,8-9H2,1-2H3,(H,18,19). The zero-order valence-electron chi connectivity index (χ0n) is 15.2. The number of H-pyrrole nitrogens is 1. The van der Waals surface area contributed by atoms with Gasteiger partial charge < -0.3 is 4.74 Å². The Morgan fingerprint density at radius 2 is 2.11 bits per heavy atom. The fourth-order valence-electron chi connectivity index (χ4n) is 3.27. The second-order valence-electron chi connectivity index (χ2n) is 6.52. The van der Waals surface area contributed by atoms with Gasteiger partial charge in [0, 0.05) is 18.5 Å². The van der Waals surface area contributed by atoms with Crippen LogP contribution in [0.1, 0.15) is 17.4 Å².